The molecule has 3 aromatic carbocycles. The fourth-order valence-electron chi connectivity index (χ4n) is 5.04. The largest absolute Gasteiger partial charge is 1.00 e. The van der Waals surface area contributed by atoms with Crippen LogP contribution in [-0.2, 0) is 14.9 Å². The molecule has 0 bridgehead atoms. The third kappa shape index (κ3) is 14.0. The summed E-state index contributed by atoms with van der Waals surface area (Å²) in [6.45, 7) is 2.26. The van der Waals surface area contributed by atoms with Crippen LogP contribution in [0, 0.1) is 0 Å². The van der Waals surface area contributed by atoms with E-state index in [9.17, 15) is 17.8 Å². The van der Waals surface area contributed by atoms with Gasteiger partial charge in [-0.25, -0.2) is 8.42 Å². The zero-order chi connectivity index (χ0) is 30.0. The summed E-state index contributed by atoms with van der Waals surface area (Å²) in [7, 11) is -4.51. The van der Waals surface area contributed by atoms with Crippen molar-refractivity contribution in [2.75, 3.05) is 0 Å². The van der Waals surface area contributed by atoms with Crippen LogP contribution < -0.4 is 34.3 Å². The molecule has 0 aliphatic carbocycles. The molecule has 0 saturated heterocycles. The van der Waals surface area contributed by atoms with Crippen LogP contribution in [0.25, 0.3) is 10.8 Å². The quantitative estimate of drug-likeness (QED) is 0.0330. The smallest absolute Gasteiger partial charge is 0.744 e. The molecule has 0 amide bonds. The number of azo groups is 1. The molecule has 3 aromatic rings. The zero-order valence-corrected chi connectivity index (χ0v) is 28.7. The summed E-state index contributed by atoms with van der Waals surface area (Å²) in [6.07, 6.45) is 19.6. The summed E-state index contributed by atoms with van der Waals surface area (Å²) in [5, 5.41) is 9.99. The molecule has 0 heterocycles. The predicted molar refractivity (Wildman–Crippen MR) is 168 cm³/mol. The van der Waals surface area contributed by atoms with Crippen molar-refractivity contribution in [3.63, 3.8) is 0 Å². The average Bonchev–Trinajstić information content (AvgIpc) is 2.98. The van der Waals surface area contributed by atoms with Gasteiger partial charge in [-0.15, -0.1) is 5.11 Å². The van der Waals surface area contributed by atoms with Gasteiger partial charge in [-0.1, -0.05) is 121 Å². The van der Waals surface area contributed by atoms with Gasteiger partial charge in [0.2, 0.25) is 0 Å². The molecule has 0 N–H and O–H groups in total. The zero-order valence-electron chi connectivity index (χ0n) is 25.9. The van der Waals surface area contributed by atoms with Gasteiger partial charge in [0.1, 0.15) is 15.9 Å². The molecule has 0 saturated carbocycles. The number of esters is 1. The summed E-state index contributed by atoms with van der Waals surface area (Å²) in [6, 6.07) is 16.2. The summed E-state index contributed by atoms with van der Waals surface area (Å²) in [4.78, 5) is 12.2. The Morgan fingerprint density at radius 1 is 0.674 bits per heavy atom. The standard InChI is InChI=1S/C34H46N2O5S.Na/c1-2-3-4-5-6-7-8-9-10-11-12-13-14-15-16-21-34(37)41-33-27-26-32(30-19-17-18-20-31(30)33)36-35-28-22-24-29(25-23-28)42(38,39)40;/h17-20,22-27H,2-16,21H2,1H3,(H,38,39,40);/q;+1/p-1. The normalized spacial score (nSPS) is 11.6. The molecule has 0 radical (unpaired) electrons. The minimum Gasteiger partial charge on any atom is -0.744 e. The van der Waals surface area contributed by atoms with Gasteiger partial charge in [-0.2, -0.15) is 5.11 Å². The Kier molecular flexibility index (Phi) is 17.9. The molecule has 9 heteroatoms. The van der Waals surface area contributed by atoms with Crippen molar-refractivity contribution in [1.82, 2.24) is 0 Å². The molecule has 7 nitrogen and oxygen atoms in total. The fourth-order valence-corrected chi connectivity index (χ4v) is 5.51. The van der Waals surface area contributed by atoms with E-state index in [4.69, 9.17) is 4.74 Å². The molecule has 0 aliphatic rings. The third-order valence-electron chi connectivity index (χ3n) is 7.47. The van der Waals surface area contributed by atoms with Crippen molar-refractivity contribution in [2.45, 2.75) is 115 Å². The van der Waals surface area contributed by atoms with Gasteiger partial charge >= 0.3 is 35.5 Å². The Morgan fingerprint density at radius 2 is 1.19 bits per heavy atom. The van der Waals surface area contributed by atoms with Gasteiger partial charge in [0, 0.05) is 17.2 Å². The van der Waals surface area contributed by atoms with Crippen LogP contribution in [0.15, 0.2) is 75.8 Å². The summed E-state index contributed by atoms with van der Waals surface area (Å²) in [5.74, 6) is 0.248. The number of unbranched alkanes of at least 4 members (excludes halogenated alkanes) is 14. The Morgan fingerprint density at radius 3 is 1.72 bits per heavy atom. The van der Waals surface area contributed by atoms with Crippen LogP contribution in [0.1, 0.15) is 110 Å². The van der Waals surface area contributed by atoms with Crippen LogP contribution in [0.5, 0.6) is 5.75 Å². The monoisotopic (exact) mass is 616 g/mol. The molecular weight excluding hydrogens is 571 g/mol. The molecule has 0 atom stereocenters. The van der Waals surface area contributed by atoms with Crippen molar-refractivity contribution < 1.29 is 52.1 Å². The minimum absolute atomic E-state index is 0. The van der Waals surface area contributed by atoms with Crippen molar-refractivity contribution in [1.29, 1.82) is 0 Å². The number of fused-ring (bicyclic) bond motifs is 1. The van der Waals surface area contributed by atoms with Gasteiger partial charge < -0.3 is 9.29 Å². The number of carbonyl (C=O) groups excluding carboxylic acids is 1. The summed E-state index contributed by atoms with van der Waals surface area (Å²) in [5.41, 5.74) is 0.985. The Balaban J connectivity index is 0.00000645. The molecule has 0 aromatic heterocycles. The molecule has 43 heavy (non-hydrogen) atoms. The Bertz CT molecular complexity index is 1380. The molecule has 3 rings (SSSR count). The number of rotatable bonds is 20. The predicted octanol–water partition coefficient (Wildman–Crippen LogP) is 7.33. The van der Waals surface area contributed by atoms with Gasteiger partial charge in [-0.05, 0) is 42.8 Å². The van der Waals surface area contributed by atoms with E-state index < -0.39 is 10.1 Å². The van der Waals surface area contributed by atoms with Crippen LogP contribution in [0.3, 0.4) is 0 Å². The number of benzene rings is 3. The Labute approximate surface area is 280 Å². The second-order valence-corrected chi connectivity index (χ2v) is 12.3. The maximum atomic E-state index is 12.6. The SMILES string of the molecule is CCCCCCCCCCCCCCCCCC(=O)Oc1ccc(N=Nc2ccc(S(=O)(=O)[O-])cc2)c2ccccc12.[Na+]. The van der Waals surface area contributed by atoms with E-state index in [0.29, 0.717) is 23.5 Å². The van der Waals surface area contributed by atoms with E-state index in [1.807, 2.05) is 24.3 Å². The first-order valence-corrected chi connectivity index (χ1v) is 17.0. The second-order valence-electron chi connectivity index (χ2n) is 11.0. The van der Waals surface area contributed by atoms with Crippen molar-refractivity contribution >= 4 is 38.2 Å². The second kappa shape index (κ2) is 20.8. The maximum absolute atomic E-state index is 12.6. The first-order chi connectivity index (χ1) is 20.4. The number of hydrogen-bond donors (Lipinski definition) is 0. The number of nitrogens with zero attached hydrogens (tertiary/aromatic N) is 2. The molecule has 0 fully saturated rings. The topological polar surface area (TPSA) is 108 Å². The van der Waals surface area contributed by atoms with Gasteiger partial charge in [0.25, 0.3) is 0 Å². The average molecular weight is 617 g/mol. The number of ether oxygens (including phenoxy) is 1. The van der Waals surface area contributed by atoms with E-state index >= 15 is 0 Å². The molecule has 0 aliphatic heterocycles. The number of carbonyl (C=O) groups is 1. The van der Waals surface area contributed by atoms with Gasteiger partial charge in [0.15, 0.2) is 0 Å². The molecular formula is C34H45N2NaO5S. The van der Waals surface area contributed by atoms with Crippen molar-refractivity contribution in [3.8, 4) is 5.75 Å². The van der Waals surface area contributed by atoms with Crippen LogP contribution >= 0.6 is 0 Å². The third-order valence-corrected chi connectivity index (χ3v) is 8.32. The minimum atomic E-state index is -4.51. The van der Waals surface area contributed by atoms with Crippen molar-refractivity contribution in [2.24, 2.45) is 10.2 Å². The first kappa shape index (κ1) is 37.1. The van der Waals surface area contributed by atoms with Crippen molar-refractivity contribution in [3.05, 3.63) is 60.7 Å². The molecule has 0 spiro atoms. The van der Waals surface area contributed by atoms with E-state index in [1.165, 1.54) is 101 Å². The van der Waals surface area contributed by atoms with Gasteiger partial charge in [0.05, 0.1) is 16.3 Å². The maximum Gasteiger partial charge on any atom is 1.00 e. The van der Waals surface area contributed by atoms with E-state index in [1.54, 1.807) is 12.1 Å². The summed E-state index contributed by atoms with van der Waals surface area (Å²) >= 11 is 0. The fraction of sp³-hybridized carbons (Fsp3) is 0.500. The van der Waals surface area contributed by atoms with E-state index in [0.717, 1.165) is 30.0 Å². The first-order valence-electron chi connectivity index (χ1n) is 15.6. The van der Waals surface area contributed by atoms with Gasteiger partial charge in [-0.3, -0.25) is 4.79 Å². The van der Waals surface area contributed by atoms with Crippen LogP contribution in [0.4, 0.5) is 11.4 Å². The number of hydrogen-bond acceptors (Lipinski definition) is 7. The summed E-state index contributed by atoms with van der Waals surface area (Å²) < 4.78 is 39.1. The molecule has 0 unspecified atom stereocenters. The van der Waals surface area contributed by atoms with E-state index in [-0.39, 0.29) is 40.4 Å². The van der Waals surface area contributed by atoms with Crippen LogP contribution in [0.2, 0.25) is 0 Å². The van der Waals surface area contributed by atoms with Crippen LogP contribution in [-0.4, -0.2) is 18.9 Å². The van der Waals surface area contributed by atoms with E-state index in [2.05, 4.69) is 17.2 Å². The Hall–Kier alpha value is -2.10. The molecule has 228 valence electrons.